The van der Waals surface area contributed by atoms with Gasteiger partial charge in [-0.1, -0.05) is 48.5 Å². The number of hydrogen-bond acceptors (Lipinski definition) is 8. The van der Waals surface area contributed by atoms with Gasteiger partial charge in [0.15, 0.2) is 0 Å². The average Bonchev–Trinajstić information content (AvgIpc) is 3.53. The first-order valence-corrected chi connectivity index (χ1v) is 11.1. The van der Waals surface area contributed by atoms with Gasteiger partial charge in [-0.3, -0.25) is 4.79 Å². The number of amides is 1. The van der Waals surface area contributed by atoms with E-state index in [0.29, 0.717) is 23.6 Å². The Morgan fingerprint density at radius 1 is 0.939 bits per heavy atom. The maximum atomic E-state index is 12.3. The molecule has 0 aliphatic heterocycles. The van der Waals surface area contributed by atoms with Crippen LogP contribution in [0, 0.1) is 0 Å². The van der Waals surface area contributed by atoms with Crippen LogP contribution in [0.15, 0.2) is 72.8 Å². The Kier molecular flexibility index (Phi) is 5.98. The number of hydrogen-bond donors (Lipinski definition) is 2. The molecule has 10 heteroatoms. The molecule has 0 aliphatic rings. The number of rotatable bonds is 8. The lowest BCUT2D eigenvalue weighted by Gasteiger charge is -2.09. The lowest BCUT2D eigenvalue weighted by molar-refractivity contribution is -0.114. The molecule has 0 spiro atoms. The fraction of sp³-hybridized carbons (Fsp3) is 0.130. The van der Waals surface area contributed by atoms with Crippen LogP contribution in [0.4, 0.5) is 11.4 Å². The highest BCUT2D eigenvalue weighted by atomic mass is 32.1. The summed E-state index contributed by atoms with van der Waals surface area (Å²) in [5.41, 5.74) is 5.11. The van der Waals surface area contributed by atoms with Gasteiger partial charge in [-0.15, -0.1) is 10.2 Å². The van der Waals surface area contributed by atoms with Gasteiger partial charge in [0.2, 0.25) is 11.7 Å². The molecule has 9 nitrogen and oxygen atoms in total. The molecule has 0 saturated heterocycles. The zero-order valence-electron chi connectivity index (χ0n) is 17.5. The van der Waals surface area contributed by atoms with Crippen molar-refractivity contribution in [1.29, 1.82) is 0 Å². The molecule has 2 aromatic heterocycles. The number of carbonyl (C=O) groups excluding carboxylic acids is 1. The molecule has 0 atom stereocenters. The van der Waals surface area contributed by atoms with Crippen LogP contribution in [-0.2, 0) is 17.8 Å². The largest absolute Gasteiger partial charge is 0.376 e. The maximum Gasteiger partial charge on any atom is 0.243 e. The number of nitrogens with zero attached hydrogens (tertiary/aromatic N) is 6. The lowest BCUT2D eigenvalue weighted by Crippen LogP contribution is -2.21. The van der Waals surface area contributed by atoms with Crippen LogP contribution < -0.4 is 10.6 Å². The predicted octanol–water partition coefficient (Wildman–Crippen LogP) is 3.64. The third kappa shape index (κ3) is 5.01. The van der Waals surface area contributed by atoms with Crippen LogP contribution >= 0.6 is 11.7 Å². The summed E-state index contributed by atoms with van der Waals surface area (Å²) in [6.07, 6.45) is 0.775. The second kappa shape index (κ2) is 9.53. The molecule has 5 rings (SSSR count). The predicted molar refractivity (Wildman–Crippen MR) is 128 cm³/mol. The minimum absolute atomic E-state index is 0.147. The summed E-state index contributed by atoms with van der Waals surface area (Å²) in [7, 11) is 0. The molecule has 0 saturated carbocycles. The Morgan fingerprint density at radius 3 is 2.64 bits per heavy atom. The molecule has 0 aliphatic carbocycles. The Balaban J connectivity index is 1.11. The summed E-state index contributed by atoms with van der Waals surface area (Å²) in [6, 6.07) is 23.3. The number of nitrogens with one attached hydrogen (secondary N) is 2. The van der Waals surface area contributed by atoms with E-state index in [1.165, 1.54) is 0 Å². The number of aromatic nitrogens is 6. The summed E-state index contributed by atoms with van der Waals surface area (Å²) in [4.78, 5) is 13.9. The van der Waals surface area contributed by atoms with Crippen LogP contribution in [0.5, 0.6) is 0 Å². The SMILES string of the molecule is O=C(CNc1ccc(CCn2nnc(-c3ccccc3)n2)cc1)Nc1cccc2nsnc12. The molecule has 0 bridgehead atoms. The van der Waals surface area contributed by atoms with Crippen molar-refractivity contribution in [3.05, 3.63) is 78.4 Å². The second-order valence-electron chi connectivity index (χ2n) is 7.36. The van der Waals surface area contributed by atoms with Gasteiger partial charge in [-0.25, -0.2) is 0 Å². The molecule has 5 aromatic rings. The van der Waals surface area contributed by atoms with Gasteiger partial charge in [0.25, 0.3) is 0 Å². The van der Waals surface area contributed by atoms with Gasteiger partial charge in [0.05, 0.1) is 30.5 Å². The molecule has 0 fully saturated rings. The molecule has 0 radical (unpaired) electrons. The molecule has 33 heavy (non-hydrogen) atoms. The van der Waals surface area contributed by atoms with Gasteiger partial charge >= 0.3 is 0 Å². The van der Waals surface area contributed by atoms with Gasteiger partial charge in [-0.2, -0.15) is 13.5 Å². The molecule has 1 amide bonds. The molecule has 0 unspecified atom stereocenters. The summed E-state index contributed by atoms with van der Waals surface area (Å²) >= 11 is 1.13. The Morgan fingerprint density at radius 2 is 1.79 bits per heavy atom. The van der Waals surface area contributed by atoms with E-state index in [1.807, 2.05) is 72.8 Å². The highest BCUT2D eigenvalue weighted by Crippen LogP contribution is 2.21. The first-order chi connectivity index (χ1) is 16.2. The monoisotopic (exact) mass is 456 g/mol. The third-order valence-electron chi connectivity index (χ3n) is 5.05. The van der Waals surface area contributed by atoms with E-state index in [2.05, 4.69) is 34.8 Å². The summed E-state index contributed by atoms with van der Waals surface area (Å²) in [5, 5.41) is 18.7. The van der Waals surface area contributed by atoms with Crippen LogP contribution in [0.25, 0.3) is 22.4 Å². The number of anilines is 2. The van der Waals surface area contributed by atoms with Crippen molar-refractivity contribution in [2.24, 2.45) is 0 Å². The van der Waals surface area contributed by atoms with E-state index in [1.54, 1.807) is 4.80 Å². The third-order valence-corrected chi connectivity index (χ3v) is 5.59. The Bertz CT molecular complexity index is 1360. The van der Waals surface area contributed by atoms with Crippen LogP contribution in [0.3, 0.4) is 0 Å². The van der Waals surface area contributed by atoms with E-state index >= 15 is 0 Å². The van der Waals surface area contributed by atoms with E-state index in [9.17, 15) is 4.79 Å². The number of aryl methyl sites for hydroxylation is 2. The van der Waals surface area contributed by atoms with Crippen molar-refractivity contribution >= 4 is 40.0 Å². The van der Waals surface area contributed by atoms with E-state index in [-0.39, 0.29) is 12.5 Å². The molecule has 2 heterocycles. The smallest absolute Gasteiger partial charge is 0.243 e. The molecule has 2 N–H and O–H groups in total. The summed E-state index contributed by atoms with van der Waals surface area (Å²) in [6.45, 7) is 0.782. The van der Waals surface area contributed by atoms with Crippen LogP contribution in [0.2, 0.25) is 0 Å². The standard InChI is InChI=1S/C23H20N8OS/c32-21(25-19-7-4-8-20-22(19)29-33-28-20)15-24-18-11-9-16(10-12-18)13-14-31-27-23(26-30-31)17-5-2-1-3-6-17/h1-12,24H,13-15H2,(H,25,32). The fourth-order valence-corrected chi connectivity index (χ4v) is 3.89. The normalized spacial score (nSPS) is 10.9. The Hall–Kier alpha value is -4.18. The maximum absolute atomic E-state index is 12.3. The first kappa shape index (κ1) is 20.7. The molecular weight excluding hydrogens is 436 g/mol. The second-order valence-corrected chi connectivity index (χ2v) is 7.89. The number of fused-ring (bicyclic) bond motifs is 1. The van der Waals surface area contributed by atoms with Crippen molar-refractivity contribution in [1.82, 2.24) is 29.0 Å². The van der Waals surface area contributed by atoms with Crippen molar-refractivity contribution in [2.75, 3.05) is 17.2 Å². The summed E-state index contributed by atoms with van der Waals surface area (Å²) < 4.78 is 8.43. The van der Waals surface area contributed by atoms with E-state index < -0.39 is 0 Å². The van der Waals surface area contributed by atoms with Gasteiger partial charge in [0.1, 0.15) is 11.0 Å². The van der Waals surface area contributed by atoms with Gasteiger partial charge in [-0.05, 0) is 41.5 Å². The van der Waals surface area contributed by atoms with Crippen molar-refractivity contribution < 1.29 is 4.79 Å². The molecule has 3 aromatic carbocycles. The van der Waals surface area contributed by atoms with E-state index in [0.717, 1.165) is 40.5 Å². The highest BCUT2D eigenvalue weighted by molar-refractivity contribution is 7.00. The van der Waals surface area contributed by atoms with Gasteiger partial charge in [0, 0.05) is 11.3 Å². The van der Waals surface area contributed by atoms with Crippen molar-refractivity contribution in [3.8, 4) is 11.4 Å². The van der Waals surface area contributed by atoms with Crippen molar-refractivity contribution in [3.63, 3.8) is 0 Å². The first-order valence-electron chi connectivity index (χ1n) is 10.4. The molecular formula is C23H20N8OS. The minimum atomic E-state index is -0.147. The Labute approximate surface area is 193 Å². The lowest BCUT2D eigenvalue weighted by atomic mass is 10.1. The van der Waals surface area contributed by atoms with Crippen LogP contribution in [0.1, 0.15) is 5.56 Å². The number of tetrazole rings is 1. The minimum Gasteiger partial charge on any atom is -0.376 e. The topological polar surface area (TPSA) is 111 Å². The highest BCUT2D eigenvalue weighted by Gasteiger charge is 2.09. The summed E-state index contributed by atoms with van der Waals surface area (Å²) in [5.74, 6) is 0.474. The fourth-order valence-electron chi connectivity index (χ4n) is 3.34. The average molecular weight is 457 g/mol. The number of benzene rings is 3. The van der Waals surface area contributed by atoms with Crippen molar-refractivity contribution in [2.45, 2.75) is 13.0 Å². The van der Waals surface area contributed by atoms with E-state index in [4.69, 9.17) is 0 Å². The zero-order chi connectivity index (χ0) is 22.5. The zero-order valence-corrected chi connectivity index (χ0v) is 18.4. The number of carbonyl (C=O) groups is 1. The van der Waals surface area contributed by atoms with Crippen LogP contribution in [-0.4, -0.2) is 41.4 Å². The molecule has 164 valence electrons. The quantitative estimate of drug-likeness (QED) is 0.367. The van der Waals surface area contributed by atoms with Gasteiger partial charge < -0.3 is 10.6 Å².